The van der Waals surface area contributed by atoms with Crippen LogP contribution in [0.15, 0.2) is 16.9 Å². The number of nitrogens with one attached hydrogen (secondary N) is 1. The van der Waals surface area contributed by atoms with Gasteiger partial charge in [-0.15, -0.1) is 0 Å². The average molecular weight is 290 g/mol. The summed E-state index contributed by atoms with van der Waals surface area (Å²) in [6, 6.07) is 0. The number of nitrogens with zero attached hydrogens (tertiary/aromatic N) is 2. The number of carbonyl (C=O) groups is 1. The van der Waals surface area contributed by atoms with Gasteiger partial charge in [-0.25, -0.2) is 0 Å². The summed E-state index contributed by atoms with van der Waals surface area (Å²) in [6.45, 7) is 4.64. The number of aromatic nitrogens is 2. The van der Waals surface area contributed by atoms with Crippen LogP contribution in [-0.4, -0.2) is 32.9 Å². The van der Waals surface area contributed by atoms with Crippen LogP contribution in [0.1, 0.15) is 20.3 Å². The Morgan fingerprint density at radius 1 is 1.75 bits per heavy atom. The summed E-state index contributed by atoms with van der Waals surface area (Å²) in [5.74, 6) is -0.868. The van der Waals surface area contributed by atoms with Gasteiger partial charge in [0.15, 0.2) is 0 Å². The summed E-state index contributed by atoms with van der Waals surface area (Å²) in [5, 5.41) is 16.3. The van der Waals surface area contributed by atoms with Crippen LogP contribution in [0, 0.1) is 0 Å². The molecule has 0 radical (unpaired) electrons. The summed E-state index contributed by atoms with van der Waals surface area (Å²) < 4.78 is 2.46. The zero-order valence-corrected chi connectivity index (χ0v) is 11.0. The third kappa shape index (κ3) is 3.31. The summed E-state index contributed by atoms with van der Waals surface area (Å²) in [4.78, 5) is 11.2. The van der Waals surface area contributed by atoms with E-state index in [2.05, 4.69) is 26.3 Å². The predicted octanol–water partition coefficient (Wildman–Crippen LogP) is 1.49. The van der Waals surface area contributed by atoms with E-state index in [1.54, 1.807) is 24.0 Å². The first-order chi connectivity index (χ1) is 7.48. The summed E-state index contributed by atoms with van der Waals surface area (Å²) in [5.41, 5.74) is -0.985. The van der Waals surface area contributed by atoms with Crippen molar-refractivity contribution >= 4 is 21.9 Å². The number of aliphatic carboxylic acids is 1. The lowest BCUT2D eigenvalue weighted by Crippen LogP contribution is -2.52. The maximum absolute atomic E-state index is 11.2. The van der Waals surface area contributed by atoms with Gasteiger partial charge < -0.3 is 10.4 Å². The van der Waals surface area contributed by atoms with Crippen LogP contribution >= 0.6 is 15.9 Å². The topological polar surface area (TPSA) is 67.2 Å². The van der Waals surface area contributed by atoms with Crippen molar-refractivity contribution in [1.82, 2.24) is 15.1 Å². The van der Waals surface area contributed by atoms with E-state index in [9.17, 15) is 9.90 Å². The van der Waals surface area contributed by atoms with Crippen molar-refractivity contribution in [3.05, 3.63) is 16.9 Å². The van der Waals surface area contributed by atoms with Crippen LogP contribution < -0.4 is 5.32 Å². The van der Waals surface area contributed by atoms with Crippen molar-refractivity contribution in [3.8, 4) is 0 Å². The van der Waals surface area contributed by atoms with Gasteiger partial charge in [0, 0.05) is 6.20 Å². The Balaban J connectivity index is 2.74. The molecule has 0 saturated heterocycles. The van der Waals surface area contributed by atoms with Gasteiger partial charge in [-0.3, -0.25) is 9.48 Å². The van der Waals surface area contributed by atoms with E-state index in [-0.39, 0.29) is 0 Å². The maximum Gasteiger partial charge on any atom is 0.325 e. The minimum absolute atomic E-state index is 0.300. The SMILES string of the molecule is CCCNC(C)(Cn1cc(Br)cn1)C(=O)O. The first-order valence-corrected chi connectivity index (χ1v) is 5.93. The van der Waals surface area contributed by atoms with Crippen LogP contribution in [0.25, 0.3) is 0 Å². The second kappa shape index (κ2) is 5.45. The van der Waals surface area contributed by atoms with E-state index in [1.807, 2.05) is 6.92 Å². The third-order valence-electron chi connectivity index (χ3n) is 2.32. The van der Waals surface area contributed by atoms with Crippen LogP contribution in [0.3, 0.4) is 0 Å². The highest BCUT2D eigenvalue weighted by Crippen LogP contribution is 2.12. The third-order valence-corrected chi connectivity index (χ3v) is 2.73. The fraction of sp³-hybridized carbons (Fsp3) is 0.600. The molecule has 0 fully saturated rings. The second-order valence-electron chi connectivity index (χ2n) is 3.92. The van der Waals surface area contributed by atoms with Crippen molar-refractivity contribution in [2.75, 3.05) is 6.54 Å². The Morgan fingerprint density at radius 2 is 2.44 bits per heavy atom. The largest absolute Gasteiger partial charge is 0.480 e. The molecule has 1 atom stereocenters. The molecule has 1 rings (SSSR count). The quantitative estimate of drug-likeness (QED) is 0.833. The Kier molecular flexibility index (Phi) is 4.49. The van der Waals surface area contributed by atoms with Gasteiger partial charge in [-0.1, -0.05) is 6.92 Å². The molecule has 90 valence electrons. The number of hydrogen-bond donors (Lipinski definition) is 2. The normalized spacial score (nSPS) is 14.7. The van der Waals surface area contributed by atoms with Crippen molar-refractivity contribution in [3.63, 3.8) is 0 Å². The standard InChI is InChI=1S/C10H16BrN3O2/c1-3-4-12-10(2,9(15)16)7-14-6-8(11)5-13-14/h5-6,12H,3-4,7H2,1-2H3,(H,15,16). The van der Waals surface area contributed by atoms with Crippen molar-refractivity contribution < 1.29 is 9.90 Å². The van der Waals surface area contributed by atoms with Gasteiger partial charge in [0.1, 0.15) is 5.54 Å². The van der Waals surface area contributed by atoms with Gasteiger partial charge in [-0.05, 0) is 35.8 Å². The zero-order valence-electron chi connectivity index (χ0n) is 9.40. The van der Waals surface area contributed by atoms with Gasteiger partial charge >= 0.3 is 5.97 Å². The van der Waals surface area contributed by atoms with E-state index >= 15 is 0 Å². The molecule has 0 aromatic carbocycles. The monoisotopic (exact) mass is 289 g/mol. The maximum atomic E-state index is 11.2. The second-order valence-corrected chi connectivity index (χ2v) is 4.84. The Hall–Kier alpha value is -0.880. The minimum atomic E-state index is -0.985. The molecule has 0 saturated carbocycles. The molecule has 0 amide bonds. The molecule has 1 aromatic rings. The fourth-order valence-corrected chi connectivity index (χ4v) is 1.68. The molecular formula is C10H16BrN3O2. The summed E-state index contributed by atoms with van der Waals surface area (Å²) in [6.07, 6.45) is 4.29. The lowest BCUT2D eigenvalue weighted by molar-refractivity contribution is -0.144. The van der Waals surface area contributed by atoms with E-state index < -0.39 is 11.5 Å². The molecule has 1 aromatic heterocycles. The fourth-order valence-electron chi connectivity index (χ4n) is 1.35. The molecule has 0 bridgehead atoms. The van der Waals surface area contributed by atoms with E-state index in [0.29, 0.717) is 13.1 Å². The van der Waals surface area contributed by atoms with Gasteiger partial charge in [0.05, 0.1) is 17.2 Å². The number of carboxylic acids is 1. The molecule has 0 spiro atoms. The number of halogens is 1. The lowest BCUT2D eigenvalue weighted by atomic mass is 10.0. The Morgan fingerprint density at radius 3 is 2.88 bits per heavy atom. The van der Waals surface area contributed by atoms with Gasteiger partial charge in [-0.2, -0.15) is 5.10 Å². The van der Waals surface area contributed by atoms with Crippen LogP contribution in [0.2, 0.25) is 0 Å². The molecule has 16 heavy (non-hydrogen) atoms. The van der Waals surface area contributed by atoms with E-state index in [1.165, 1.54) is 0 Å². The highest BCUT2D eigenvalue weighted by atomic mass is 79.9. The number of carboxylic acid groups (broad SMARTS) is 1. The molecule has 6 heteroatoms. The first-order valence-electron chi connectivity index (χ1n) is 5.14. The minimum Gasteiger partial charge on any atom is -0.480 e. The molecular weight excluding hydrogens is 274 g/mol. The Bertz CT molecular complexity index is 367. The van der Waals surface area contributed by atoms with Gasteiger partial charge in [0.2, 0.25) is 0 Å². The molecule has 0 aliphatic heterocycles. The number of hydrogen-bond acceptors (Lipinski definition) is 3. The molecule has 2 N–H and O–H groups in total. The molecule has 1 heterocycles. The smallest absolute Gasteiger partial charge is 0.325 e. The molecule has 1 unspecified atom stereocenters. The number of rotatable bonds is 6. The van der Waals surface area contributed by atoms with Crippen molar-refractivity contribution in [1.29, 1.82) is 0 Å². The first kappa shape index (κ1) is 13.2. The highest BCUT2D eigenvalue weighted by Gasteiger charge is 2.33. The molecule has 0 aliphatic rings. The zero-order chi connectivity index (χ0) is 12.2. The van der Waals surface area contributed by atoms with Crippen LogP contribution in [0.5, 0.6) is 0 Å². The molecule has 5 nitrogen and oxygen atoms in total. The van der Waals surface area contributed by atoms with Crippen molar-refractivity contribution in [2.45, 2.75) is 32.4 Å². The van der Waals surface area contributed by atoms with E-state index in [4.69, 9.17) is 0 Å². The Labute approximate surface area is 103 Å². The van der Waals surface area contributed by atoms with E-state index in [0.717, 1.165) is 10.9 Å². The average Bonchev–Trinajstić information content (AvgIpc) is 2.60. The summed E-state index contributed by atoms with van der Waals surface area (Å²) in [7, 11) is 0. The predicted molar refractivity (Wildman–Crippen MR) is 64.3 cm³/mol. The van der Waals surface area contributed by atoms with Gasteiger partial charge in [0.25, 0.3) is 0 Å². The summed E-state index contributed by atoms with van der Waals surface area (Å²) >= 11 is 3.28. The lowest BCUT2D eigenvalue weighted by Gasteiger charge is -2.26. The highest BCUT2D eigenvalue weighted by molar-refractivity contribution is 9.10. The van der Waals surface area contributed by atoms with Crippen LogP contribution in [0.4, 0.5) is 0 Å². The van der Waals surface area contributed by atoms with Crippen molar-refractivity contribution in [2.24, 2.45) is 0 Å². The molecule has 0 aliphatic carbocycles. The van der Waals surface area contributed by atoms with Crippen LogP contribution in [-0.2, 0) is 11.3 Å².